The summed E-state index contributed by atoms with van der Waals surface area (Å²) >= 11 is 0. The molecular weight excluding hydrogens is 416 g/mol. The summed E-state index contributed by atoms with van der Waals surface area (Å²) < 4.78 is 0.967. The number of unbranched alkanes of at least 4 members (excludes halogenated alkanes) is 18. The van der Waals surface area contributed by atoms with Gasteiger partial charge in [0.05, 0.1) is 27.7 Å². The molecule has 0 unspecified atom stereocenters. The Bertz CT molecular complexity index is 382. The van der Waals surface area contributed by atoms with E-state index in [1.807, 2.05) is 0 Å². The molecule has 0 bridgehead atoms. The molecule has 0 aliphatic rings. The van der Waals surface area contributed by atoms with Crippen LogP contribution in [0.2, 0.25) is 0 Å². The van der Waals surface area contributed by atoms with Crippen LogP contribution in [0.3, 0.4) is 0 Å². The number of hydrogen-bond acceptors (Lipinski definition) is 1. The number of carbonyl (C=O) groups is 1. The van der Waals surface area contributed by atoms with Gasteiger partial charge in [-0.05, 0) is 6.42 Å². The molecule has 0 fully saturated rings. The fourth-order valence-corrected chi connectivity index (χ4v) is 4.23. The van der Waals surface area contributed by atoms with E-state index < -0.39 is 0 Å². The van der Waals surface area contributed by atoms with E-state index in [0.29, 0.717) is 6.42 Å². The molecule has 0 spiro atoms. The Balaban J connectivity index is 0. The molecule has 0 saturated carbocycles. The van der Waals surface area contributed by atoms with Crippen LogP contribution < -0.4 is 17.7 Å². The van der Waals surface area contributed by atoms with Crippen LogP contribution in [0.1, 0.15) is 142 Å². The van der Waals surface area contributed by atoms with Crippen LogP contribution in [0, 0.1) is 0 Å². The predicted molar refractivity (Wildman–Crippen MR) is 139 cm³/mol. The summed E-state index contributed by atoms with van der Waals surface area (Å²) in [6.07, 6.45) is 28.2. The molecule has 0 aliphatic heterocycles. The summed E-state index contributed by atoms with van der Waals surface area (Å²) in [6.45, 7) is 4.23. The third-order valence-electron chi connectivity index (χ3n) is 6.34. The van der Waals surface area contributed by atoms with E-state index in [2.05, 4.69) is 33.4 Å². The standard InChI is InChI=1S/C28H58N2O.ClH/c1-5-6-7-8-9-10-11-12-13-14-15-16-17-18-19-20-21-22-23-25-28(31)29-26-24-27-30(2,3)4;/h5-27H2,1-4H3;1H. The number of nitrogens with one attached hydrogen (secondary N) is 1. The molecule has 0 heterocycles. The Morgan fingerprint density at radius 1 is 0.562 bits per heavy atom. The van der Waals surface area contributed by atoms with Gasteiger partial charge in [0.25, 0.3) is 0 Å². The second kappa shape index (κ2) is 25.3. The third-order valence-corrected chi connectivity index (χ3v) is 6.34. The van der Waals surface area contributed by atoms with Crippen LogP contribution >= 0.6 is 0 Å². The van der Waals surface area contributed by atoms with Crippen molar-refractivity contribution in [2.24, 2.45) is 0 Å². The van der Waals surface area contributed by atoms with E-state index in [9.17, 15) is 4.79 Å². The molecule has 194 valence electrons. The molecule has 0 rings (SSSR count). The fourth-order valence-electron chi connectivity index (χ4n) is 4.23. The van der Waals surface area contributed by atoms with Gasteiger partial charge in [0.15, 0.2) is 0 Å². The molecule has 0 aromatic heterocycles. The zero-order valence-electron chi connectivity index (χ0n) is 22.5. The summed E-state index contributed by atoms with van der Waals surface area (Å²) in [5.41, 5.74) is 0. The lowest BCUT2D eigenvalue weighted by atomic mass is 10.0. The van der Waals surface area contributed by atoms with Crippen LogP contribution in [0.5, 0.6) is 0 Å². The van der Waals surface area contributed by atoms with Gasteiger partial charge in [0, 0.05) is 19.4 Å². The minimum Gasteiger partial charge on any atom is -1.00 e. The molecule has 0 saturated heterocycles. The van der Waals surface area contributed by atoms with Crippen molar-refractivity contribution in [2.45, 2.75) is 142 Å². The number of amides is 1. The number of halogens is 1. The summed E-state index contributed by atoms with van der Waals surface area (Å²) in [6, 6.07) is 0. The van der Waals surface area contributed by atoms with Crippen LogP contribution in [0.25, 0.3) is 0 Å². The van der Waals surface area contributed by atoms with Crippen molar-refractivity contribution < 1.29 is 21.7 Å². The maximum Gasteiger partial charge on any atom is 0.219 e. The van der Waals surface area contributed by atoms with E-state index in [-0.39, 0.29) is 18.3 Å². The van der Waals surface area contributed by atoms with Crippen LogP contribution in [0.15, 0.2) is 0 Å². The van der Waals surface area contributed by atoms with Crippen molar-refractivity contribution in [3.05, 3.63) is 0 Å². The normalized spacial score (nSPS) is 11.4. The maximum absolute atomic E-state index is 11.8. The van der Waals surface area contributed by atoms with Crippen LogP contribution in [-0.2, 0) is 4.79 Å². The molecule has 4 heteroatoms. The monoisotopic (exact) mass is 474 g/mol. The highest BCUT2D eigenvalue weighted by Gasteiger charge is 2.06. The third kappa shape index (κ3) is 29.7. The van der Waals surface area contributed by atoms with Crippen molar-refractivity contribution >= 4 is 5.91 Å². The quantitative estimate of drug-likeness (QED) is 0.154. The smallest absolute Gasteiger partial charge is 0.219 e. The van der Waals surface area contributed by atoms with Gasteiger partial charge in [-0.15, -0.1) is 0 Å². The molecule has 0 aliphatic carbocycles. The molecule has 1 N–H and O–H groups in total. The predicted octanol–water partition coefficient (Wildman–Crippen LogP) is 5.02. The number of hydrogen-bond donors (Lipinski definition) is 1. The maximum atomic E-state index is 11.8. The largest absolute Gasteiger partial charge is 1.00 e. The van der Waals surface area contributed by atoms with Crippen molar-refractivity contribution in [2.75, 3.05) is 34.2 Å². The highest BCUT2D eigenvalue weighted by atomic mass is 35.5. The molecule has 3 nitrogen and oxygen atoms in total. The first-order valence-electron chi connectivity index (χ1n) is 14.0. The number of nitrogens with zero attached hydrogens (tertiary/aromatic N) is 1. The molecule has 32 heavy (non-hydrogen) atoms. The Morgan fingerprint density at radius 2 is 0.906 bits per heavy atom. The van der Waals surface area contributed by atoms with E-state index in [4.69, 9.17) is 0 Å². The molecule has 0 aromatic carbocycles. The van der Waals surface area contributed by atoms with Crippen molar-refractivity contribution in [1.82, 2.24) is 5.32 Å². The van der Waals surface area contributed by atoms with Crippen LogP contribution in [-0.4, -0.2) is 44.6 Å². The lowest BCUT2D eigenvalue weighted by molar-refractivity contribution is -0.870. The van der Waals surface area contributed by atoms with E-state index in [0.717, 1.165) is 30.4 Å². The van der Waals surface area contributed by atoms with Crippen molar-refractivity contribution in [3.8, 4) is 0 Å². The molecule has 1 amide bonds. The van der Waals surface area contributed by atoms with Gasteiger partial charge in [-0.2, -0.15) is 0 Å². The summed E-state index contributed by atoms with van der Waals surface area (Å²) in [5, 5.41) is 3.07. The number of rotatable bonds is 24. The molecule has 0 aromatic rings. The highest BCUT2D eigenvalue weighted by molar-refractivity contribution is 5.75. The van der Waals surface area contributed by atoms with E-state index in [1.54, 1.807) is 0 Å². The molecular formula is C28H59ClN2O. The Labute approximate surface area is 208 Å². The van der Waals surface area contributed by atoms with Gasteiger partial charge < -0.3 is 22.2 Å². The van der Waals surface area contributed by atoms with Crippen molar-refractivity contribution in [3.63, 3.8) is 0 Å². The first-order chi connectivity index (χ1) is 15.0. The minimum absolute atomic E-state index is 0. The minimum atomic E-state index is 0. The lowest BCUT2D eigenvalue weighted by Gasteiger charge is -2.23. The van der Waals surface area contributed by atoms with E-state index in [1.165, 1.54) is 116 Å². The SMILES string of the molecule is CCCCCCCCCCCCCCCCCCCCCC(=O)NCCC[N+](C)(C)C.[Cl-]. The summed E-state index contributed by atoms with van der Waals surface area (Å²) in [5.74, 6) is 0.244. The zero-order chi connectivity index (χ0) is 23.0. The summed E-state index contributed by atoms with van der Waals surface area (Å²) in [4.78, 5) is 11.8. The second-order valence-corrected chi connectivity index (χ2v) is 10.8. The molecule has 0 atom stereocenters. The van der Waals surface area contributed by atoms with Gasteiger partial charge in [-0.25, -0.2) is 0 Å². The highest BCUT2D eigenvalue weighted by Crippen LogP contribution is 2.14. The van der Waals surface area contributed by atoms with E-state index >= 15 is 0 Å². The number of quaternary nitrogens is 1. The Hall–Kier alpha value is -0.280. The first kappa shape index (κ1) is 33.9. The van der Waals surface area contributed by atoms with Crippen LogP contribution in [0.4, 0.5) is 0 Å². The molecule has 0 radical (unpaired) electrons. The second-order valence-electron chi connectivity index (χ2n) is 10.8. The van der Waals surface area contributed by atoms with Gasteiger partial charge in [0.1, 0.15) is 0 Å². The zero-order valence-corrected chi connectivity index (χ0v) is 23.3. The fraction of sp³-hybridized carbons (Fsp3) is 0.964. The van der Waals surface area contributed by atoms with Crippen molar-refractivity contribution in [1.29, 1.82) is 0 Å². The lowest BCUT2D eigenvalue weighted by Crippen LogP contribution is -3.00. The van der Waals surface area contributed by atoms with Gasteiger partial charge in [-0.3, -0.25) is 4.79 Å². The number of carbonyl (C=O) groups excluding carboxylic acids is 1. The topological polar surface area (TPSA) is 29.1 Å². The average molecular weight is 475 g/mol. The Kier molecular flexibility index (Phi) is 26.8. The Morgan fingerprint density at radius 3 is 1.25 bits per heavy atom. The first-order valence-corrected chi connectivity index (χ1v) is 14.0. The average Bonchev–Trinajstić information content (AvgIpc) is 2.72. The van der Waals surface area contributed by atoms with Gasteiger partial charge in [0.2, 0.25) is 5.91 Å². The van der Waals surface area contributed by atoms with Gasteiger partial charge >= 0.3 is 0 Å². The van der Waals surface area contributed by atoms with Gasteiger partial charge in [-0.1, -0.05) is 122 Å². The summed E-state index contributed by atoms with van der Waals surface area (Å²) in [7, 11) is 6.58.